The van der Waals surface area contributed by atoms with E-state index in [1.54, 1.807) is 0 Å². The Bertz CT molecular complexity index is 1290. The zero-order valence-electron chi connectivity index (χ0n) is 24.1. The molecule has 3 aromatic carbocycles. The average Bonchev–Trinajstić information content (AvgIpc) is 3.40. The summed E-state index contributed by atoms with van der Waals surface area (Å²) in [6.07, 6.45) is 8.68. The zero-order valence-corrected chi connectivity index (χ0v) is 25.1. The predicted octanol–water partition coefficient (Wildman–Crippen LogP) is 7.86. The van der Waals surface area contributed by atoms with Crippen molar-refractivity contribution in [3.05, 3.63) is 130 Å². The van der Waals surface area contributed by atoms with Crippen molar-refractivity contribution in [3.63, 3.8) is 0 Å². The molecule has 4 rings (SSSR count). The lowest BCUT2D eigenvalue weighted by atomic mass is 9.79. The number of rotatable bonds is 11. The van der Waals surface area contributed by atoms with Gasteiger partial charge in [0.1, 0.15) is 17.0 Å². The van der Waals surface area contributed by atoms with E-state index in [0.717, 1.165) is 36.7 Å². The fraction of sp³-hybridized carbons (Fsp3) is 0.333. The van der Waals surface area contributed by atoms with Gasteiger partial charge in [0.15, 0.2) is 8.32 Å². The van der Waals surface area contributed by atoms with E-state index >= 15 is 0 Å². The van der Waals surface area contributed by atoms with E-state index in [1.165, 1.54) is 6.08 Å². The first-order valence-electron chi connectivity index (χ1n) is 13.9. The largest absolute Gasteiger partial charge is 0.483 e. The maximum absolute atomic E-state index is 10.9. The SMILES string of the molecule is CC(C)(/C=C/N1CCC[C@H]1C(O[Si](C)(C)C)(c1ccccc1)c1ccccc1)Oc1ccccc1/C=C/[N+](=O)[O-]. The smallest absolute Gasteiger partial charge is 0.235 e. The minimum absolute atomic E-state index is 0.0892. The van der Waals surface area contributed by atoms with Gasteiger partial charge in [0.2, 0.25) is 6.20 Å². The molecule has 0 spiro atoms. The molecule has 210 valence electrons. The highest BCUT2D eigenvalue weighted by atomic mass is 28.4. The van der Waals surface area contributed by atoms with Crippen LogP contribution >= 0.6 is 0 Å². The Morgan fingerprint density at radius 3 is 2.08 bits per heavy atom. The van der Waals surface area contributed by atoms with Crippen LogP contribution in [0.3, 0.4) is 0 Å². The highest BCUT2D eigenvalue weighted by molar-refractivity contribution is 6.69. The van der Waals surface area contributed by atoms with Gasteiger partial charge in [-0.05, 0) is 75.8 Å². The Morgan fingerprint density at radius 1 is 0.925 bits per heavy atom. The Labute approximate surface area is 239 Å². The molecule has 0 radical (unpaired) electrons. The van der Waals surface area contributed by atoms with Crippen molar-refractivity contribution in [1.82, 2.24) is 4.90 Å². The first kappa shape index (κ1) is 29.3. The Morgan fingerprint density at radius 2 is 1.50 bits per heavy atom. The molecule has 40 heavy (non-hydrogen) atoms. The molecule has 0 amide bonds. The van der Waals surface area contributed by atoms with Crippen molar-refractivity contribution in [2.75, 3.05) is 6.54 Å². The zero-order chi connectivity index (χ0) is 28.8. The fourth-order valence-corrected chi connectivity index (χ4v) is 6.78. The van der Waals surface area contributed by atoms with Crippen LogP contribution in [0.5, 0.6) is 5.75 Å². The number of hydrogen-bond donors (Lipinski definition) is 0. The molecular formula is C33H40N2O4Si. The van der Waals surface area contributed by atoms with Crippen LogP contribution in [0, 0.1) is 10.1 Å². The molecule has 1 fully saturated rings. The third kappa shape index (κ3) is 7.09. The third-order valence-electron chi connectivity index (χ3n) is 6.97. The number of benzene rings is 3. The third-order valence-corrected chi connectivity index (χ3v) is 7.91. The Kier molecular flexibility index (Phi) is 8.96. The fourth-order valence-electron chi connectivity index (χ4n) is 5.44. The number of nitro groups is 1. The molecule has 7 heteroatoms. The lowest BCUT2D eigenvalue weighted by molar-refractivity contribution is -0.400. The van der Waals surface area contributed by atoms with E-state index in [0.29, 0.717) is 11.3 Å². The monoisotopic (exact) mass is 556 g/mol. The van der Waals surface area contributed by atoms with Gasteiger partial charge in [-0.1, -0.05) is 78.9 Å². The summed E-state index contributed by atoms with van der Waals surface area (Å²) >= 11 is 0. The van der Waals surface area contributed by atoms with Crippen LogP contribution in [0.4, 0.5) is 0 Å². The number of hydrogen-bond acceptors (Lipinski definition) is 5. The van der Waals surface area contributed by atoms with Gasteiger partial charge in [-0.15, -0.1) is 0 Å². The number of para-hydroxylation sites is 1. The number of nitrogens with zero attached hydrogens (tertiary/aromatic N) is 2. The van der Waals surface area contributed by atoms with Crippen molar-refractivity contribution in [2.45, 2.75) is 63.6 Å². The number of likely N-dealkylation sites (tertiary alicyclic amines) is 1. The van der Waals surface area contributed by atoms with Gasteiger partial charge in [-0.25, -0.2) is 0 Å². The average molecular weight is 557 g/mol. The molecule has 0 bridgehead atoms. The van der Waals surface area contributed by atoms with Crippen LogP contribution in [0.25, 0.3) is 6.08 Å². The summed E-state index contributed by atoms with van der Waals surface area (Å²) in [5.41, 5.74) is 1.70. The molecular weight excluding hydrogens is 516 g/mol. The molecule has 3 aromatic rings. The molecule has 0 aliphatic carbocycles. The molecule has 0 aromatic heterocycles. The van der Waals surface area contributed by atoms with Crippen molar-refractivity contribution in [1.29, 1.82) is 0 Å². The van der Waals surface area contributed by atoms with E-state index in [2.05, 4.69) is 97.5 Å². The first-order chi connectivity index (χ1) is 19.0. The quantitative estimate of drug-likeness (QED) is 0.137. The molecule has 1 atom stereocenters. The molecule has 0 unspecified atom stereocenters. The normalized spacial score (nSPS) is 16.6. The van der Waals surface area contributed by atoms with Crippen molar-refractivity contribution in [3.8, 4) is 5.75 Å². The second-order valence-corrected chi connectivity index (χ2v) is 16.2. The van der Waals surface area contributed by atoms with Gasteiger partial charge in [-0.3, -0.25) is 10.1 Å². The van der Waals surface area contributed by atoms with Crippen LogP contribution in [-0.2, 0) is 10.0 Å². The van der Waals surface area contributed by atoms with Gasteiger partial charge >= 0.3 is 0 Å². The first-order valence-corrected chi connectivity index (χ1v) is 17.3. The molecule has 1 heterocycles. The van der Waals surface area contributed by atoms with E-state index < -0.39 is 24.4 Å². The maximum atomic E-state index is 10.9. The van der Waals surface area contributed by atoms with Gasteiger partial charge in [0, 0.05) is 18.2 Å². The summed E-state index contributed by atoms with van der Waals surface area (Å²) in [5.74, 6) is 0.596. The summed E-state index contributed by atoms with van der Waals surface area (Å²) in [7, 11) is -2.02. The van der Waals surface area contributed by atoms with E-state index in [4.69, 9.17) is 9.16 Å². The Balaban J connectivity index is 1.70. The summed E-state index contributed by atoms with van der Waals surface area (Å²) in [6.45, 7) is 11.7. The molecule has 0 N–H and O–H groups in total. The molecule has 1 aliphatic heterocycles. The summed E-state index contributed by atoms with van der Waals surface area (Å²) < 4.78 is 13.7. The lowest BCUT2D eigenvalue weighted by Gasteiger charge is -2.47. The van der Waals surface area contributed by atoms with Crippen molar-refractivity contribution < 1.29 is 14.1 Å². The minimum Gasteiger partial charge on any atom is -0.483 e. The van der Waals surface area contributed by atoms with Gasteiger partial charge in [0.25, 0.3) is 0 Å². The van der Waals surface area contributed by atoms with Crippen LogP contribution in [0.15, 0.2) is 103 Å². The van der Waals surface area contributed by atoms with Crippen LogP contribution in [0.2, 0.25) is 19.6 Å². The van der Waals surface area contributed by atoms with Crippen LogP contribution < -0.4 is 4.74 Å². The van der Waals surface area contributed by atoms with Gasteiger partial charge in [-0.2, -0.15) is 0 Å². The highest BCUT2D eigenvalue weighted by Crippen LogP contribution is 2.45. The van der Waals surface area contributed by atoms with Gasteiger partial charge in [0.05, 0.1) is 11.0 Å². The van der Waals surface area contributed by atoms with Crippen LogP contribution in [0.1, 0.15) is 43.4 Å². The van der Waals surface area contributed by atoms with Crippen molar-refractivity contribution in [2.24, 2.45) is 0 Å². The van der Waals surface area contributed by atoms with Gasteiger partial charge < -0.3 is 14.1 Å². The van der Waals surface area contributed by atoms with E-state index in [9.17, 15) is 10.1 Å². The molecule has 0 saturated carbocycles. The summed E-state index contributed by atoms with van der Waals surface area (Å²) in [4.78, 5) is 12.8. The van der Waals surface area contributed by atoms with Crippen LogP contribution in [-0.4, -0.2) is 36.3 Å². The maximum Gasteiger partial charge on any atom is 0.235 e. The van der Waals surface area contributed by atoms with Crippen molar-refractivity contribution >= 4 is 14.4 Å². The summed E-state index contributed by atoms with van der Waals surface area (Å²) in [5, 5.41) is 10.9. The lowest BCUT2D eigenvalue weighted by Crippen LogP contribution is -2.53. The molecule has 1 aliphatic rings. The Hall–Kier alpha value is -3.68. The second-order valence-electron chi connectivity index (χ2n) is 11.7. The highest BCUT2D eigenvalue weighted by Gasteiger charge is 2.49. The summed E-state index contributed by atoms with van der Waals surface area (Å²) in [6, 6.07) is 28.7. The molecule has 6 nitrogen and oxygen atoms in total. The second kappa shape index (κ2) is 12.2. The topological polar surface area (TPSA) is 64.8 Å². The van der Waals surface area contributed by atoms with E-state index in [-0.39, 0.29) is 6.04 Å². The standard InChI is InChI=1S/C33H40N2O4Si/c1-32(2,38-30-20-13-12-15-27(30)22-25-35(36)37)23-26-34-24-14-21-31(34)33(39-40(3,4)5,28-16-8-6-9-17-28)29-18-10-7-11-19-29/h6-13,15-20,22-23,25-26,31H,14,21,24H2,1-5H3/b25-22+,26-23+/t31-/m0/s1. The minimum atomic E-state index is -2.02. The van der Waals surface area contributed by atoms with E-state index in [1.807, 2.05) is 38.1 Å². The number of ether oxygens (including phenoxy) is 1. The predicted molar refractivity (Wildman–Crippen MR) is 164 cm³/mol. The molecule has 1 saturated heterocycles.